The number of alkyl halides is 1. The van der Waals surface area contributed by atoms with Crippen LogP contribution in [0.3, 0.4) is 0 Å². The number of rotatable bonds is 5. The Morgan fingerprint density at radius 3 is 2.56 bits per heavy atom. The van der Waals surface area contributed by atoms with Crippen LogP contribution in [0.1, 0.15) is 51.9 Å². The molecule has 0 radical (unpaired) electrons. The number of halogens is 1. The third-order valence-corrected chi connectivity index (χ3v) is 5.90. The molecule has 0 aromatic rings. The molecule has 2 nitrogen and oxygen atoms in total. The van der Waals surface area contributed by atoms with Crippen molar-refractivity contribution in [2.24, 2.45) is 5.92 Å². The topological polar surface area (TPSA) is 34.1 Å². The summed E-state index contributed by atoms with van der Waals surface area (Å²) in [4.78, 5) is 0. The predicted molar refractivity (Wildman–Crippen MR) is 69.8 cm³/mol. The fourth-order valence-electron chi connectivity index (χ4n) is 2.37. The van der Waals surface area contributed by atoms with Crippen molar-refractivity contribution in [3.05, 3.63) is 0 Å². The lowest BCUT2D eigenvalue weighted by Crippen LogP contribution is -2.16. The maximum atomic E-state index is 11.4. The lowest BCUT2D eigenvalue weighted by Gasteiger charge is -2.19. The van der Waals surface area contributed by atoms with Crippen molar-refractivity contribution in [3.63, 3.8) is 0 Å². The zero-order valence-corrected chi connectivity index (χ0v) is 11.7. The second-order valence-electron chi connectivity index (χ2n) is 4.79. The second-order valence-corrected chi connectivity index (χ2v) is 7.83. The quantitative estimate of drug-likeness (QED) is 0.565. The van der Waals surface area contributed by atoms with Gasteiger partial charge in [-0.05, 0) is 31.6 Å². The summed E-state index contributed by atoms with van der Waals surface area (Å²) >= 11 is 6.32. The Morgan fingerprint density at radius 1 is 1.19 bits per heavy atom. The first-order valence-corrected chi connectivity index (χ1v) is 8.65. The lowest BCUT2D eigenvalue weighted by atomic mass is 9.95. The molecule has 0 aromatic heterocycles. The van der Waals surface area contributed by atoms with Crippen LogP contribution in [0.2, 0.25) is 0 Å². The van der Waals surface area contributed by atoms with Gasteiger partial charge in [-0.15, -0.1) is 11.6 Å². The summed E-state index contributed by atoms with van der Waals surface area (Å²) in [6.07, 6.45) is 7.82. The minimum absolute atomic E-state index is 0.266. The Morgan fingerprint density at radius 2 is 1.88 bits per heavy atom. The van der Waals surface area contributed by atoms with Gasteiger partial charge in [-0.1, -0.05) is 26.2 Å². The van der Waals surface area contributed by atoms with Crippen molar-refractivity contribution in [1.29, 1.82) is 0 Å². The molecule has 1 rings (SSSR count). The molecule has 1 saturated carbocycles. The fourth-order valence-corrected chi connectivity index (χ4v) is 3.68. The highest BCUT2D eigenvalue weighted by molar-refractivity contribution is 7.91. The van der Waals surface area contributed by atoms with Gasteiger partial charge in [0.2, 0.25) is 0 Å². The average Bonchev–Trinajstić information content (AvgIpc) is 2.44. The summed E-state index contributed by atoms with van der Waals surface area (Å²) in [6.45, 7) is 1.71. The molecule has 96 valence electrons. The van der Waals surface area contributed by atoms with E-state index in [9.17, 15) is 8.42 Å². The normalized spacial score (nSPS) is 27.6. The molecule has 0 aromatic carbocycles. The smallest absolute Gasteiger partial charge is 0.150 e. The second kappa shape index (κ2) is 6.85. The van der Waals surface area contributed by atoms with E-state index < -0.39 is 9.84 Å². The Labute approximate surface area is 105 Å². The molecular weight excluding hydrogens is 244 g/mol. The predicted octanol–water partition coefficient (Wildman–Crippen LogP) is 3.39. The van der Waals surface area contributed by atoms with Crippen LogP contribution in [0.25, 0.3) is 0 Å². The highest BCUT2D eigenvalue weighted by Gasteiger charge is 2.21. The van der Waals surface area contributed by atoms with E-state index in [0.29, 0.717) is 11.7 Å². The molecule has 0 bridgehead atoms. The van der Waals surface area contributed by atoms with Crippen molar-refractivity contribution < 1.29 is 8.42 Å². The van der Waals surface area contributed by atoms with Crippen molar-refractivity contribution >= 4 is 21.4 Å². The molecule has 1 aliphatic rings. The molecular formula is C12H23ClO2S. The summed E-state index contributed by atoms with van der Waals surface area (Å²) in [5, 5.41) is 0.270. The van der Waals surface area contributed by atoms with Gasteiger partial charge in [0.1, 0.15) is 9.84 Å². The van der Waals surface area contributed by atoms with Crippen LogP contribution in [0, 0.1) is 5.92 Å². The minimum atomic E-state index is -2.79. The van der Waals surface area contributed by atoms with E-state index in [1.807, 2.05) is 0 Å². The Balaban J connectivity index is 2.30. The van der Waals surface area contributed by atoms with Gasteiger partial charge in [0.25, 0.3) is 0 Å². The Kier molecular flexibility index (Phi) is 6.12. The molecule has 2 atom stereocenters. The van der Waals surface area contributed by atoms with Gasteiger partial charge in [0, 0.05) is 11.1 Å². The first-order valence-electron chi connectivity index (χ1n) is 6.39. The summed E-state index contributed by atoms with van der Waals surface area (Å²) in [5.41, 5.74) is 0. The van der Waals surface area contributed by atoms with Crippen molar-refractivity contribution in [2.45, 2.75) is 57.2 Å². The van der Waals surface area contributed by atoms with Crippen LogP contribution < -0.4 is 0 Å². The van der Waals surface area contributed by atoms with Crippen LogP contribution in [-0.4, -0.2) is 25.3 Å². The zero-order valence-electron chi connectivity index (χ0n) is 10.1. The summed E-state index contributed by atoms with van der Waals surface area (Å²) < 4.78 is 22.7. The number of sulfone groups is 1. The van der Waals surface area contributed by atoms with Crippen molar-refractivity contribution in [3.8, 4) is 0 Å². The van der Waals surface area contributed by atoms with Gasteiger partial charge in [0.05, 0.1) is 5.75 Å². The monoisotopic (exact) mass is 266 g/mol. The van der Waals surface area contributed by atoms with Crippen LogP contribution in [0.4, 0.5) is 0 Å². The van der Waals surface area contributed by atoms with Crippen molar-refractivity contribution in [2.75, 3.05) is 11.5 Å². The SMILES string of the molecule is CCS(=O)(=O)CCCC1CCCCCC1Cl. The molecule has 4 heteroatoms. The number of hydrogen-bond donors (Lipinski definition) is 0. The summed E-state index contributed by atoms with van der Waals surface area (Å²) in [5.74, 6) is 1.14. The summed E-state index contributed by atoms with van der Waals surface area (Å²) in [7, 11) is -2.79. The van der Waals surface area contributed by atoms with E-state index in [1.54, 1.807) is 6.92 Å². The first-order chi connectivity index (χ1) is 7.55. The van der Waals surface area contributed by atoms with Crippen LogP contribution >= 0.6 is 11.6 Å². The van der Waals surface area contributed by atoms with Gasteiger partial charge < -0.3 is 0 Å². The highest BCUT2D eigenvalue weighted by Crippen LogP contribution is 2.30. The van der Waals surface area contributed by atoms with Gasteiger partial charge in [0.15, 0.2) is 0 Å². The van der Waals surface area contributed by atoms with Gasteiger partial charge >= 0.3 is 0 Å². The molecule has 16 heavy (non-hydrogen) atoms. The minimum Gasteiger partial charge on any atom is -0.229 e. The molecule has 0 amide bonds. The maximum Gasteiger partial charge on any atom is 0.150 e. The highest BCUT2D eigenvalue weighted by atomic mass is 35.5. The zero-order chi connectivity index (χ0) is 12.0. The van der Waals surface area contributed by atoms with E-state index in [1.165, 1.54) is 25.7 Å². The van der Waals surface area contributed by atoms with Gasteiger partial charge in [-0.25, -0.2) is 8.42 Å². The van der Waals surface area contributed by atoms with E-state index in [4.69, 9.17) is 11.6 Å². The average molecular weight is 267 g/mol. The maximum absolute atomic E-state index is 11.4. The molecule has 0 N–H and O–H groups in total. The first kappa shape index (κ1) is 14.3. The van der Waals surface area contributed by atoms with E-state index in [2.05, 4.69) is 0 Å². The van der Waals surface area contributed by atoms with Crippen molar-refractivity contribution in [1.82, 2.24) is 0 Å². The standard InChI is InChI=1S/C12H23ClO2S/c1-2-16(14,15)10-6-8-11-7-4-3-5-9-12(11)13/h11-12H,2-10H2,1H3. The number of hydrogen-bond acceptors (Lipinski definition) is 2. The molecule has 1 fully saturated rings. The van der Waals surface area contributed by atoms with Crippen LogP contribution in [-0.2, 0) is 9.84 Å². The van der Waals surface area contributed by atoms with Crippen LogP contribution in [0.15, 0.2) is 0 Å². The van der Waals surface area contributed by atoms with Gasteiger partial charge in [-0.2, -0.15) is 0 Å². The largest absolute Gasteiger partial charge is 0.229 e. The molecule has 0 aliphatic heterocycles. The third kappa shape index (κ3) is 5.05. The Hall–Kier alpha value is 0.240. The van der Waals surface area contributed by atoms with E-state index in [-0.39, 0.29) is 11.1 Å². The Bertz CT molecular complexity index is 287. The van der Waals surface area contributed by atoms with E-state index in [0.717, 1.165) is 19.3 Å². The molecule has 0 heterocycles. The summed E-state index contributed by atoms with van der Waals surface area (Å²) in [6, 6.07) is 0. The molecule has 0 spiro atoms. The molecule has 2 unspecified atom stereocenters. The van der Waals surface area contributed by atoms with E-state index >= 15 is 0 Å². The molecule has 0 saturated heterocycles. The fraction of sp³-hybridized carbons (Fsp3) is 1.00. The molecule has 1 aliphatic carbocycles. The third-order valence-electron chi connectivity index (χ3n) is 3.54. The lowest BCUT2D eigenvalue weighted by molar-refractivity contribution is 0.429. The van der Waals surface area contributed by atoms with Crippen LogP contribution in [0.5, 0.6) is 0 Å². The van der Waals surface area contributed by atoms with Gasteiger partial charge in [-0.3, -0.25) is 0 Å².